The first-order valence-electron chi connectivity index (χ1n) is 12.0. The molecule has 3 aromatic rings. The van der Waals surface area contributed by atoms with Crippen molar-refractivity contribution in [2.75, 3.05) is 7.11 Å². The molecule has 0 radical (unpaired) electrons. The van der Waals surface area contributed by atoms with E-state index in [1.54, 1.807) is 11.8 Å². The fourth-order valence-electron chi connectivity index (χ4n) is 4.46. The van der Waals surface area contributed by atoms with Crippen molar-refractivity contribution in [1.29, 1.82) is 0 Å². The smallest absolute Gasteiger partial charge is 0.227 e. The number of nitrogens with one attached hydrogen (secondary N) is 2. The molecule has 186 valence electrons. The topological polar surface area (TPSA) is 124 Å². The lowest BCUT2D eigenvalue weighted by atomic mass is 9.89. The molecule has 1 fully saturated rings. The Kier molecular flexibility index (Phi) is 7.79. The normalized spacial score (nSPS) is 15.3. The van der Waals surface area contributed by atoms with E-state index in [0.717, 1.165) is 55.7 Å². The number of hydrogen-bond acceptors (Lipinski definition) is 7. The van der Waals surface area contributed by atoms with E-state index >= 15 is 0 Å². The van der Waals surface area contributed by atoms with Gasteiger partial charge in [-0.3, -0.25) is 9.59 Å². The first kappa shape index (κ1) is 24.4. The van der Waals surface area contributed by atoms with Crippen LogP contribution in [0.1, 0.15) is 69.3 Å². The number of aryl methyl sites for hydroxylation is 1. The Bertz CT molecular complexity index is 1130. The molecule has 1 aliphatic rings. The summed E-state index contributed by atoms with van der Waals surface area (Å²) in [6.07, 6.45) is 8.23. The van der Waals surface area contributed by atoms with E-state index in [1.807, 2.05) is 36.5 Å². The number of benzene rings is 1. The Labute approximate surface area is 204 Å². The third kappa shape index (κ3) is 6.26. The molecule has 1 saturated carbocycles. The van der Waals surface area contributed by atoms with Gasteiger partial charge in [-0.1, -0.05) is 30.8 Å². The summed E-state index contributed by atoms with van der Waals surface area (Å²) < 4.78 is 12.4. The molecule has 2 heterocycles. The van der Waals surface area contributed by atoms with Gasteiger partial charge >= 0.3 is 0 Å². The maximum Gasteiger partial charge on any atom is 0.227 e. The average molecular weight is 481 g/mol. The summed E-state index contributed by atoms with van der Waals surface area (Å²) in [7, 11) is 1.63. The largest absolute Gasteiger partial charge is 0.497 e. The molecule has 2 N–H and O–H groups in total. The van der Waals surface area contributed by atoms with Gasteiger partial charge in [0.2, 0.25) is 17.7 Å². The van der Waals surface area contributed by atoms with Crippen LogP contribution in [0.5, 0.6) is 5.75 Å². The fraction of sp³-hybridized carbons (Fsp3) is 0.480. The molecule has 10 heteroatoms. The highest BCUT2D eigenvalue weighted by atomic mass is 16.5. The lowest BCUT2D eigenvalue weighted by Gasteiger charge is -2.30. The second-order valence-corrected chi connectivity index (χ2v) is 8.92. The minimum atomic E-state index is -0.588. The fourth-order valence-corrected chi connectivity index (χ4v) is 4.46. The van der Waals surface area contributed by atoms with Gasteiger partial charge in [0.15, 0.2) is 5.82 Å². The molecule has 1 aromatic carbocycles. The molecular formula is C25H32N6O4. The Morgan fingerprint density at radius 1 is 1.11 bits per heavy atom. The quantitative estimate of drug-likeness (QED) is 0.451. The third-order valence-electron chi connectivity index (χ3n) is 6.28. The zero-order valence-corrected chi connectivity index (χ0v) is 20.2. The molecule has 0 atom stereocenters. The van der Waals surface area contributed by atoms with E-state index in [9.17, 15) is 9.59 Å². The zero-order chi connectivity index (χ0) is 24.7. The van der Waals surface area contributed by atoms with E-state index in [-0.39, 0.29) is 18.2 Å². The van der Waals surface area contributed by atoms with Gasteiger partial charge in [-0.05, 0) is 43.2 Å². The Morgan fingerprint density at radius 2 is 1.86 bits per heavy atom. The molecule has 0 bridgehead atoms. The van der Waals surface area contributed by atoms with Crippen LogP contribution in [0.25, 0.3) is 5.69 Å². The van der Waals surface area contributed by atoms with E-state index in [1.165, 1.54) is 6.92 Å². The van der Waals surface area contributed by atoms with Crippen LogP contribution in [0, 0.1) is 0 Å². The molecular weight excluding hydrogens is 448 g/mol. The monoisotopic (exact) mass is 480 g/mol. The van der Waals surface area contributed by atoms with Gasteiger partial charge in [-0.25, -0.2) is 4.68 Å². The third-order valence-corrected chi connectivity index (χ3v) is 6.28. The Morgan fingerprint density at radius 3 is 2.54 bits per heavy atom. The molecule has 1 aliphatic carbocycles. The van der Waals surface area contributed by atoms with Gasteiger partial charge in [0.25, 0.3) is 0 Å². The van der Waals surface area contributed by atoms with Crippen LogP contribution in [0.15, 0.2) is 41.1 Å². The van der Waals surface area contributed by atoms with Crippen LogP contribution >= 0.6 is 0 Å². The molecule has 4 rings (SSSR count). The van der Waals surface area contributed by atoms with Gasteiger partial charge in [-0.15, -0.1) is 0 Å². The zero-order valence-electron chi connectivity index (χ0n) is 20.2. The summed E-state index contributed by atoms with van der Waals surface area (Å²) in [5.41, 5.74) is 1.07. The first-order valence-corrected chi connectivity index (χ1v) is 12.0. The van der Waals surface area contributed by atoms with Crippen molar-refractivity contribution >= 4 is 11.8 Å². The molecule has 2 aromatic heterocycles. The maximum atomic E-state index is 12.4. The van der Waals surface area contributed by atoms with Gasteiger partial charge < -0.3 is 19.9 Å². The molecule has 0 unspecified atom stereocenters. The van der Waals surface area contributed by atoms with Crippen LogP contribution in [0.4, 0.5) is 0 Å². The van der Waals surface area contributed by atoms with Crippen molar-refractivity contribution in [2.45, 2.75) is 70.4 Å². The van der Waals surface area contributed by atoms with E-state index in [0.29, 0.717) is 24.7 Å². The Balaban J connectivity index is 1.29. The van der Waals surface area contributed by atoms with Gasteiger partial charge in [0.1, 0.15) is 11.3 Å². The minimum Gasteiger partial charge on any atom is -0.497 e. The molecule has 10 nitrogen and oxygen atoms in total. The summed E-state index contributed by atoms with van der Waals surface area (Å²) in [5, 5.41) is 14.6. The summed E-state index contributed by atoms with van der Waals surface area (Å²) in [4.78, 5) is 28.8. The van der Waals surface area contributed by atoms with Crippen LogP contribution < -0.4 is 15.4 Å². The van der Waals surface area contributed by atoms with Crippen LogP contribution in [-0.4, -0.2) is 38.8 Å². The van der Waals surface area contributed by atoms with Gasteiger partial charge in [-0.2, -0.15) is 10.1 Å². The number of rotatable bonds is 9. The minimum absolute atomic E-state index is 0.105. The Hall–Kier alpha value is -3.69. The number of carbonyl (C=O) groups is 2. The first-order chi connectivity index (χ1) is 17.0. The summed E-state index contributed by atoms with van der Waals surface area (Å²) in [6.45, 7) is 1.83. The summed E-state index contributed by atoms with van der Waals surface area (Å²) in [6, 6.07) is 9.43. The second-order valence-electron chi connectivity index (χ2n) is 8.92. The van der Waals surface area contributed by atoms with Crippen molar-refractivity contribution in [2.24, 2.45) is 0 Å². The second kappa shape index (κ2) is 11.2. The van der Waals surface area contributed by atoms with Crippen molar-refractivity contribution in [3.05, 3.63) is 53.9 Å². The maximum absolute atomic E-state index is 12.4. The predicted octanol–water partition coefficient (Wildman–Crippen LogP) is 3.20. The van der Waals surface area contributed by atoms with E-state index in [4.69, 9.17) is 9.26 Å². The van der Waals surface area contributed by atoms with Crippen molar-refractivity contribution in [1.82, 2.24) is 30.6 Å². The molecule has 35 heavy (non-hydrogen) atoms. The number of aromatic nitrogens is 4. The lowest BCUT2D eigenvalue weighted by Crippen LogP contribution is -2.45. The van der Waals surface area contributed by atoms with Crippen molar-refractivity contribution < 1.29 is 18.8 Å². The molecule has 2 amide bonds. The number of nitrogens with zero attached hydrogens (tertiary/aromatic N) is 4. The molecule has 0 spiro atoms. The highest BCUT2D eigenvalue weighted by molar-refractivity contribution is 5.76. The number of amides is 2. The highest BCUT2D eigenvalue weighted by Gasteiger charge is 2.38. The highest BCUT2D eigenvalue weighted by Crippen LogP contribution is 2.34. The number of methoxy groups -OCH3 is 1. The number of ether oxygens (including phenoxy) is 1. The SMILES string of the molecule is COc1ccc(-n2ccc(CNC(=O)CCc3nc(C4(NC(C)=O)CCCCCC4)no3)n2)cc1. The van der Waals surface area contributed by atoms with Crippen LogP contribution in [0.3, 0.4) is 0 Å². The van der Waals surface area contributed by atoms with Crippen molar-refractivity contribution in [3.8, 4) is 11.4 Å². The van der Waals surface area contributed by atoms with E-state index in [2.05, 4.69) is 25.9 Å². The predicted molar refractivity (Wildman–Crippen MR) is 128 cm³/mol. The average Bonchev–Trinajstić information content (AvgIpc) is 3.48. The van der Waals surface area contributed by atoms with Crippen LogP contribution in [0.2, 0.25) is 0 Å². The molecule has 0 saturated heterocycles. The van der Waals surface area contributed by atoms with Gasteiger partial charge in [0.05, 0.1) is 25.0 Å². The molecule has 0 aliphatic heterocycles. The standard InChI is InChI=1S/C25H32N6O4/c1-18(32)28-25(14-5-3-4-6-15-25)24-27-23(35-30-24)12-11-22(33)26-17-19-13-16-31(29-19)20-7-9-21(34-2)10-8-20/h7-10,13,16H,3-6,11-12,14-15,17H2,1-2H3,(H,26,33)(H,28,32). The van der Waals surface area contributed by atoms with Crippen LogP contribution in [-0.2, 0) is 28.1 Å². The van der Waals surface area contributed by atoms with Gasteiger partial charge in [0, 0.05) is 26.0 Å². The lowest BCUT2D eigenvalue weighted by molar-refractivity contribution is -0.122. The number of hydrogen-bond donors (Lipinski definition) is 2. The summed E-state index contributed by atoms with van der Waals surface area (Å²) in [5.74, 6) is 1.45. The van der Waals surface area contributed by atoms with E-state index < -0.39 is 5.54 Å². The van der Waals surface area contributed by atoms with Crippen molar-refractivity contribution in [3.63, 3.8) is 0 Å². The summed E-state index contributed by atoms with van der Waals surface area (Å²) >= 11 is 0. The number of carbonyl (C=O) groups excluding carboxylic acids is 2.